The van der Waals surface area contributed by atoms with Crippen LogP contribution < -0.4 is 0 Å². The molecule has 0 spiro atoms. The third-order valence-corrected chi connectivity index (χ3v) is 4.91. The second-order valence-electron chi connectivity index (χ2n) is 5.82. The maximum Gasteiger partial charge on any atom is 0.455 e. The van der Waals surface area contributed by atoms with Crippen molar-refractivity contribution in [1.29, 1.82) is 0 Å². The summed E-state index contributed by atoms with van der Waals surface area (Å²) in [6, 6.07) is 0. The molecule has 0 aromatic heterocycles. The summed E-state index contributed by atoms with van der Waals surface area (Å²) in [6.07, 6.45) is 12.9. The van der Waals surface area contributed by atoms with E-state index >= 15 is 0 Å². The lowest BCUT2D eigenvalue weighted by Crippen LogP contribution is -2.35. The molecule has 0 saturated heterocycles. The van der Waals surface area contributed by atoms with E-state index in [1.807, 2.05) is 0 Å². The van der Waals surface area contributed by atoms with E-state index in [9.17, 15) is 10.0 Å². The number of rotatable bonds is 1. The molecule has 3 heteroatoms. The number of allylic oxidation sites excluding steroid dienone is 4. The summed E-state index contributed by atoms with van der Waals surface area (Å²) in [5, 5.41) is 19.2. The van der Waals surface area contributed by atoms with Gasteiger partial charge in [-0.05, 0) is 55.9 Å². The molecule has 3 aliphatic rings. The topological polar surface area (TPSA) is 40.5 Å². The van der Waals surface area contributed by atoms with E-state index < -0.39 is 7.12 Å². The number of hydrogen-bond donors (Lipinski definition) is 2. The largest absolute Gasteiger partial charge is 0.455 e. The molecule has 92 valence electrons. The van der Waals surface area contributed by atoms with E-state index in [1.165, 1.54) is 31.3 Å². The number of hydrogen-bond acceptors (Lipinski definition) is 2. The summed E-state index contributed by atoms with van der Waals surface area (Å²) in [6.45, 7) is 0. The fraction of sp³-hybridized carbons (Fsp3) is 0.714. The van der Waals surface area contributed by atoms with Gasteiger partial charge in [-0.2, -0.15) is 0 Å². The highest BCUT2D eigenvalue weighted by molar-refractivity contribution is 6.43. The fourth-order valence-electron chi connectivity index (χ4n) is 4.10. The molecule has 0 amide bonds. The van der Waals surface area contributed by atoms with Gasteiger partial charge in [0.05, 0.1) is 0 Å². The molecule has 3 atom stereocenters. The van der Waals surface area contributed by atoms with Gasteiger partial charge >= 0.3 is 7.12 Å². The Morgan fingerprint density at radius 2 is 2.06 bits per heavy atom. The Kier molecular flexibility index (Phi) is 3.14. The standard InChI is InChI=1S/C14H21BO2/c16-15(17)14-9-10-5-1-2-6-11(10)12-7-3-4-8-13(12)14/h3,7,10,13-14,16-17H,1-2,4-6,8-9H2. The van der Waals surface area contributed by atoms with Crippen LogP contribution >= 0.6 is 0 Å². The van der Waals surface area contributed by atoms with Crippen LogP contribution in [0, 0.1) is 11.8 Å². The van der Waals surface area contributed by atoms with Gasteiger partial charge in [0.15, 0.2) is 0 Å². The van der Waals surface area contributed by atoms with Crippen molar-refractivity contribution in [3.05, 3.63) is 23.3 Å². The van der Waals surface area contributed by atoms with Gasteiger partial charge in [-0.25, -0.2) is 0 Å². The molecule has 3 rings (SSSR count). The van der Waals surface area contributed by atoms with Gasteiger partial charge in [0.2, 0.25) is 0 Å². The summed E-state index contributed by atoms with van der Waals surface area (Å²) in [7, 11) is -1.13. The second kappa shape index (κ2) is 4.62. The normalized spacial score (nSPS) is 36.5. The highest BCUT2D eigenvalue weighted by atomic mass is 16.4. The van der Waals surface area contributed by atoms with Crippen molar-refractivity contribution in [2.75, 3.05) is 0 Å². The predicted molar refractivity (Wildman–Crippen MR) is 69.4 cm³/mol. The molecule has 2 N–H and O–H groups in total. The highest BCUT2D eigenvalue weighted by Gasteiger charge is 2.42. The summed E-state index contributed by atoms with van der Waals surface area (Å²) in [4.78, 5) is 0. The van der Waals surface area contributed by atoms with Gasteiger partial charge in [0.1, 0.15) is 0 Å². The third kappa shape index (κ3) is 2.00. The van der Waals surface area contributed by atoms with E-state index in [-0.39, 0.29) is 5.82 Å². The van der Waals surface area contributed by atoms with Gasteiger partial charge < -0.3 is 10.0 Å². The maximum absolute atomic E-state index is 9.62. The zero-order valence-electron chi connectivity index (χ0n) is 10.3. The van der Waals surface area contributed by atoms with Gasteiger partial charge in [-0.15, -0.1) is 0 Å². The predicted octanol–water partition coefficient (Wildman–Crippen LogP) is 2.69. The molecule has 0 radical (unpaired) electrons. The summed E-state index contributed by atoms with van der Waals surface area (Å²) in [5.74, 6) is 1.11. The zero-order valence-corrected chi connectivity index (χ0v) is 10.3. The molecule has 0 bridgehead atoms. The minimum absolute atomic E-state index is 0.0711. The van der Waals surface area contributed by atoms with Crippen LogP contribution in [0.4, 0.5) is 0 Å². The molecule has 0 aliphatic heterocycles. The molecular formula is C14H21BO2. The van der Waals surface area contributed by atoms with Crippen molar-refractivity contribution in [2.24, 2.45) is 11.8 Å². The lowest BCUT2D eigenvalue weighted by molar-refractivity contribution is 0.288. The van der Waals surface area contributed by atoms with Crippen molar-refractivity contribution in [1.82, 2.24) is 0 Å². The zero-order chi connectivity index (χ0) is 11.8. The van der Waals surface area contributed by atoms with Crippen LogP contribution in [-0.2, 0) is 0 Å². The number of fused-ring (bicyclic) bond motifs is 2. The van der Waals surface area contributed by atoms with E-state index in [0.717, 1.165) is 19.3 Å². The van der Waals surface area contributed by atoms with Crippen molar-refractivity contribution in [3.8, 4) is 0 Å². The van der Waals surface area contributed by atoms with E-state index in [1.54, 1.807) is 5.57 Å². The Morgan fingerprint density at radius 1 is 1.18 bits per heavy atom. The average molecular weight is 232 g/mol. The van der Waals surface area contributed by atoms with Crippen LogP contribution in [0.3, 0.4) is 0 Å². The molecule has 1 fully saturated rings. The van der Waals surface area contributed by atoms with E-state index in [4.69, 9.17) is 0 Å². The van der Waals surface area contributed by atoms with E-state index in [2.05, 4.69) is 12.2 Å². The molecule has 0 aromatic rings. The van der Waals surface area contributed by atoms with Crippen molar-refractivity contribution in [2.45, 2.75) is 50.8 Å². The summed E-state index contributed by atoms with van der Waals surface area (Å²) in [5.41, 5.74) is 3.11. The lowest BCUT2D eigenvalue weighted by atomic mass is 9.53. The molecule has 0 heterocycles. The second-order valence-corrected chi connectivity index (χ2v) is 5.82. The molecule has 3 unspecified atom stereocenters. The first-order valence-electron chi connectivity index (χ1n) is 7.03. The maximum atomic E-state index is 9.62. The summed E-state index contributed by atoms with van der Waals surface area (Å²) < 4.78 is 0. The van der Waals surface area contributed by atoms with Crippen LogP contribution in [-0.4, -0.2) is 17.2 Å². The van der Waals surface area contributed by atoms with Crippen LogP contribution in [0.25, 0.3) is 0 Å². The lowest BCUT2D eigenvalue weighted by Gasteiger charge is -2.42. The van der Waals surface area contributed by atoms with Crippen molar-refractivity contribution < 1.29 is 10.0 Å². The Morgan fingerprint density at radius 3 is 2.88 bits per heavy atom. The molecule has 0 aromatic carbocycles. The van der Waals surface area contributed by atoms with Gasteiger partial charge in [0, 0.05) is 5.82 Å². The SMILES string of the molecule is OB(O)C1CC2CCCCC2=C2C=CCCC21. The molecular weight excluding hydrogens is 211 g/mol. The first-order valence-corrected chi connectivity index (χ1v) is 7.03. The van der Waals surface area contributed by atoms with Gasteiger partial charge in [-0.1, -0.05) is 24.1 Å². The first-order chi connectivity index (χ1) is 8.27. The third-order valence-electron chi connectivity index (χ3n) is 4.91. The Balaban J connectivity index is 1.98. The van der Waals surface area contributed by atoms with Crippen LogP contribution in [0.2, 0.25) is 5.82 Å². The quantitative estimate of drug-likeness (QED) is 0.682. The van der Waals surface area contributed by atoms with Crippen LogP contribution in [0.1, 0.15) is 44.9 Å². The van der Waals surface area contributed by atoms with Gasteiger partial charge in [0.25, 0.3) is 0 Å². The van der Waals surface area contributed by atoms with Crippen LogP contribution in [0.5, 0.6) is 0 Å². The first kappa shape index (κ1) is 11.5. The Hall–Kier alpha value is -0.535. The van der Waals surface area contributed by atoms with Crippen molar-refractivity contribution in [3.63, 3.8) is 0 Å². The minimum Gasteiger partial charge on any atom is -0.427 e. The molecule has 1 saturated carbocycles. The average Bonchev–Trinajstić information content (AvgIpc) is 2.37. The monoisotopic (exact) mass is 232 g/mol. The molecule has 2 nitrogen and oxygen atoms in total. The van der Waals surface area contributed by atoms with Crippen molar-refractivity contribution >= 4 is 7.12 Å². The highest BCUT2D eigenvalue weighted by Crippen LogP contribution is 2.51. The fourth-order valence-corrected chi connectivity index (χ4v) is 4.10. The molecule has 17 heavy (non-hydrogen) atoms. The van der Waals surface area contributed by atoms with Crippen LogP contribution in [0.15, 0.2) is 23.3 Å². The Bertz CT molecular complexity index is 359. The minimum atomic E-state index is -1.13. The van der Waals surface area contributed by atoms with E-state index in [0.29, 0.717) is 11.8 Å². The smallest absolute Gasteiger partial charge is 0.427 e. The summed E-state index contributed by atoms with van der Waals surface area (Å²) >= 11 is 0. The van der Waals surface area contributed by atoms with Gasteiger partial charge in [-0.3, -0.25) is 0 Å². The Labute approximate surface area is 104 Å². The molecule has 3 aliphatic carbocycles.